The lowest BCUT2D eigenvalue weighted by atomic mass is 10.0. The lowest BCUT2D eigenvalue weighted by molar-refractivity contribution is -0.140. The topological polar surface area (TPSA) is 105 Å². The summed E-state index contributed by atoms with van der Waals surface area (Å²) in [6.45, 7) is 3.40. The number of carbonyl (C=O) groups is 2. The van der Waals surface area contributed by atoms with E-state index < -0.39 is 28.5 Å². The van der Waals surface area contributed by atoms with Crippen LogP contribution in [0.4, 0.5) is 5.69 Å². The fourth-order valence-corrected chi connectivity index (χ4v) is 6.70. The molecule has 11 heteroatoms. The highest BCUT2D eigenvalue weighted by Crippen LogP contribution is 2.32. The maximum atomic E-state index is 14.6. The summed E-state index contributed by atoms with van der Waals surface area (Å²) in [6, 6.07) is 28.6. The highest BCUT2D eigenvalue weighted by molar-refractivity contribution is 9.10. The molecule has 2 atom stereocenters. The summed E-state index contributed by atoms with van der Waals surface area (Å²) in [5.74, 6) is -0.260. The molecule has 0 bridgehead atoms. The van der Waals surface area contributed by atoms with Gasteiger partial charge in [-0.15, -0.1) is 0 Å². The number of sulfonamides is 1. The van der Waals surface area contributed by atoms with E-state index in [0.29, 0.717) is 17.9 Å². The number of hydrogen-bond donors (Lipinski definition) is 1. The predicted molar refractivity (Wildman–Crippen MR) is 187 cm³/mol. The van der Waals surface area contributed by atoms with Gasteiger partial charge in [0.15, 0.2) is 11.5 Å². The number of anilines is 1. The Morgan fingerprint density at radius 2 is 1.45 bits per heavy atom. The van der Waals surface area contributed by atoms with Crippen molar-refractivity contribution in [3.63, 3.8) is 0 Å². The van der Waals surface area contributed by atoms with Crippen LogP contribution in [-0.4, -0.2) is 58.0 Å². The zero-order valence-corrected chi connectivity index (χ0v) is 29.3. The number of benzene rings is 4. The van der Waals surface area contributed by atoms with Crippen molar-refractivity contribution in [2.24, 2.45) is 0 Å². The van der Waals surface area contributed by atoms with E-state index >= 15 is 0 Å². The summed E-state index contributed by atoms with van der Waals surface area (Å²) < 4.78 is 41.2. The molecule has 0 heterocycles. The van der Waals surface area contributed by atoms with Gasteiger partial charge in [0.1, 0.15) is 12.6 Å². The molecule has 0 saturated heterocycles. The van der Waals surface area contributed by atoms with Gasteiger partial charge in [-0.05, 0) is 60.9 Å². The molecule has 0 aliphatic heterocycles. The van der Waals surface area contributed by atoms with E-state index in [9.17, 15) is 18.0 Å². The third-order valence-corrected chi connectivity index (χ3v) is 10.1. The highest BCUT2D eigenvalue weighted by Gasteiger charge is 2.35. The number of carbonyl (C=O) groups excluding carboxylic acids is 2. The Labute approximate surface area is 285 Å². The first-order chi connectivity index (χ1) is 22.6. The van der Waals surface area contributed by atoms with Crippen molar-refractivity contribution in [3.05, 3.63) is 119 Å². The van der Waals surface area contributed by atoms with Crippen LogP contribution in [0, 0.1) is 0 Å². The molecule has 1 N–H and O–H groups in total. The van der Waals surface area contributed by atoms with Crippen LogP contribution >= 0.6 is 15.9 Å². The van der Waals surface area contributed by atoms with Gasteiger partial charge in [0.05, 0.1) is 24.8 Å². The molecule has 0 radical (unpaired) electrons. The molecule has 4 rings (SSSR count). The van der Waals surface area contributed by atoms with Crippen LogP contribution in [0.1, 0.15) is 31.4 Å². The van der Waals surface area contributed by atoms with E-state index in [4.69, 9.17) is 9.47 Å². The third-order valence-electron chi connectivity index (χ3n) is 7.80. The summed E-state index contributed by atoms with van der Waals surface area (Å²) in [4.78, 5) is 29.9. The van der Waals surface area contributed by atoms with E-state index in [0.717, 1.165) is 19.9 Å². The minimum absolute atomic E-state index is 0.0799. The van der Waals surface area contributed by atoms with Gasteiger partial charge in [-0.2, -0.15) is 0 Å². The molecular weight excluding hydrogens is 682 g/mol. The van der Waals surface area contributed by atoms with Crippen LogP contribution in [0.3, 0.4) is 0 Å². The third kappa shape index (κ3) is 9.14. The van der Waals surface area contributed by atoms with Gasteiger partial charge in [0.25, 0.3) is 10.0 Å². The molecule has 0 aromatic heterocycles. The molecule has 0 aliphatic rings. The maximum Gasteiger partial charge on any atom is 0.264 e. The predicted octanol–water partition coefficient (Wildman–Crippen LogP) is 6.22. The zero-order valence-electron chi connectivity index (χ0n) is 26.9. The smallest absolute Gasteiger partial charge is 0.264 e. The molecular formula is C36H40BrN3O6S. The van der Waals surface area contributed by atoms with Gasteiger partial charge in [-0.25, -0.2) is 8.42 Å². The summed E-state index contributed by atoms with van der Waals surface area (Å²) in [6.07, 6.45) is 0.939. The van der Waals surface area contributed by atoms with Crippen molar-refractivity contribution >= 4 is 43.5 Å². The van der Waals surface area contributed by atoms with Crippen LogP contribution < -0.4 is 19.1 Å². The molecule has 0 aliphatic carbocycles. The summed E-state index contributed by atoms with van der Waals surface area (Å²) in [5, 5.41) is 3.05. The van der Waals surface area contributed by atoms with Gasteiger partial charge in [-0.1, -0.05) is 83.5 Å². The number of amides is 2. The van der Waals surface area contributed by atoms with E-state index in [2.05, 4.69) is 21.2 Å². The monoisotopic (exact) mass is 721 g/mol. The molecule has 0 unspecified atom stereocenters. The second-order valence-electron chi connectivity index (χ2n) is 11.0. The fourth-order valence-electron chi connectivity index (χ4n) is 5.01. The van der Waals surface area contributed by atoms with Crippen molar-refractivity contribution < 1.29 is 27.5 Å². The summed E-state index contributed by atoms with van der Waals surface area (Å²) in [5.41, 5.74) is 1.94. The van der Waals surface area contributed by atoms with E-state index in [-0.39, 0.29) is 35.6 Å². The molecule has 4 aromatic rings. The Morgan fingerprint density at radius 1 is 0.830 bits per heavy atom. The summed E-state index contributed by atoms with van der Waals surface area (Å²) >= 11 is 3.46. The van der Waals surface area contributed by atoms with E-state index in [1.54, 1.807) is 30.3 Å². The number of methoxy groups -OCH3 is 2. The average Bonchev–Trinajstić information content (AvgIpc) is 3.09. The maximum absolute atomic E-state index is 14.6. The second kappa shape index (κ2) is 16.5. The number of para-hydroxylation sites is 1. The van der Waals surface area contributed by atoms with Crippen LogP contribution in [0.5, 0.6) is 11.5 Å². The molecule has 4 aromatic carbocycles. The lowest BCUT2D eigenvalue weighted by Crippen LogP contribution is -2.54. The van der Waals surface area contributed by atoms with Gasteiger partial charge in [0, 0.05) is 29.5 Å². The largest absolute Gasteiger partial charge is 0.493 e. The number of ether oxygens (including phenoxy) is 2. The standard InChI is InChI=1S/C36H40BrN3O6S/c1-5-26(2)38-36(42)32(22-27-12-8-6-9-13-27)39(24-28-16-18-29(37)19-17-28)35(41)25-40(30-14-10-7-11-15-30)47(43,44)31-20-21-33(45-3)34(23-31)46-4/h6-21,23,26,32H,5,22,24-25H2,1-4H3,(H,38,42)/t26-,32+/m1/s1. The van der Waals surface area contributed by atoms with Crippen molar-refractivity contribution in [3.8, 4) is 11.5 Å². The Morgan fingerprint density at radius 3 is 2.04 bits per heavy atom. The molecule has 0 saturated carbocycles. The lowest BCUT2D eigenvalue weighted by Gasteiger charge is -2.34. The zero-order chi connectivity index (χ0) is 34.0. The van der Waals surface area contributed by atoms with Gasteiger partial charge >= 0.3 is 0 Å². The number of rotatable bonds is 15. The Balaban J connectivity index is 1.81. The fraction of sp³-hybridized carbons (Fsp3) is 0.278. The van der Waals surface area contributed by atoms with Crippen molar-refractivity contribution in [2.75, 3.05) is 25.1 Å². The molecule has 47 heavy (non-hydrogen) atoms. The minimum atomic E-state index is -4.30. The molecule has 0 spiro atoms. The van der Waals surface area contributed by atoms with Crippen LogP contribution in [0.2, 0.25) is 0 Å². The van der Waals surface area contributed by atoms with Crippen molar-refractivity contribution in [1.29, 1.82) is 0 Å². The Bertz CT molecular complexity index is 1740. The van der Waals surface area contributed by atoms with Crippen LogP contribution in [0.15, 0.2) is 112 Å². The number of halogens is 1. The minimum Gasteiger partial charge on any atom is -0.493 e. The van der Waals surface area contributed by atoms with Gasteiger partial charge < -0.3 is 19.7 Å². The first-order valence-electron chi connectivity index (χ1n) is 15.2. The van der Waals surface area contributed by atoms with E-state index in [1.165, 1.54) is 37.3 Å². The van der Waals surface area contributed by atoms with E-state index in [1.807, 2.05) is 68.4 Å². The first-order valence-corrected chi connectivity index (χ1v) is 17.5. The number of nitrogens with zero attached hydrogens (tertiary/aromatic N) is 2. The van der Waals surface area contributed by atoms with Crippen molar-refractivity contribution in [1.82, 2.24) is 10.2 Å². The van der Waals surface area contributed by atoms with Gasteiger partial charge in [-0.3, -0.25) is 13.9 Å². The van der Waals surface area contributed by atoms with Gasteiger partial charge in [0.2, 0.25) is 11.8 Å². The number of nitrogens with one attached hydrogen (secondary N) is 1. The SMILES string of the molecule is CC[C@@H](C)NC(=O)[C@H](Cc1ccccc1)N(Cc1ccc(Br)cc1)C(=O)CN(c1ccccc1)S(=O)(=O)c1ccc(OC)c(OC)c1. The first kappa shape index (κ1) is 35.5. The molecule has 9 nitrogen and oxygen atoms in total. The normalized spacial score (nSPS) is 12.4. The average molecular weight is 723 g/mol. The Hall–Kier alpha value is -4.35. The highest BCUT2D eigenvalue weighted by atomic mass is 79.9. The number of hydrogen-bond acceptors (Lipinski definition) is 6. The summed E-state index contributed by atoms with van der Waals surface area (Å²) in [7, 11) is -1.42. The second-order valence-corrected chi connectivity index (χ2v) is 13.8. The molecule has 2 amide bonds. The molecule has 0 fully saturated rings. The molecule has 248 valence electrons. The van der Waals surface area contributed by atoms with Crippen molar-refractivity contribution in [2.45, 2.75) is 50.2 Å². The quantitative estimate of drug-likeness (QED) is 0.156. The van der Waals surface area contributed by atoms with Crippen LogP contribution in [0.25, 0.3) is 0 Å². The Kier molecular flexibility index (Phi) is 12.4. The van der Waals surface area contributed by atoms with Crippen LogP contribution in [-0.2, 0) is 32.6 Å².